The Balaban J connectivity index is 0.00000121. The van der Waals surface area contributed by atoms with Crippen molar-refractivity contribution in [1.82, 2.24) is 0 Å². The van der Waals surface area contributed by atoms with Gasteiger partial charge in [-0.2, -0.15) is 0 Å². The molecule has 5 atom stereocenters. The van der Waals surface area contributed by atoms with Crippen LogP contribution in [-0.2, 0) is 9.47 Å². The van der Waals surface area contributed by atoms with Crippen molar-refractivity contribution < 1.29 is 19.7 Å². The molecule has 0 aromatic rings. The Hall–Kier alpha value is -0.200. The Morgan fingerprint density at radius 2 is 1.88 bits per heavy atom. The monoisotopic (exact) mass is 249 g/mol. The van der Waals surface area contributed by atoms with Crippen molar-refractivity contribution in [2.24, 2.45) is 17.6 Å². The van der Waals surface area contributed by atoms with Crippen molar-refractivity contribution in [3.63, 3.8) is 0 Å². The smallest absolute Gasteiger partial charge is 0.175 e. The first-order valence-electron chi connectivity index (χ1n) is 6.25. The molecule has 0 amide bonds. The summed E-state index contributed by atoms with van der Waals surface area (Å²) in [4.78, 5) is 0. The van der Waals surface area contributed by atoms with E-state index in [1.54, 1.807) is 0 Å². The number of nitrogens with two attached hydrogens (primary N) is 1. The van der Waals surface area contributed by atoms with Gasteiger partial charge in [0.25, 0.3) is 0 Å². The molecule has 5 heteroatoms. The van der Waals surface area contributed by atoms with E-state index in [0.717, 1.165) is 0 Å². The zero-order chi connectivity index (χ0) is 13.6. The highest BCUT2D eigenvalue weighted by Crippen LogP contribution is 2.30. The first-order chi connectivity index (χ1) is 8.02. The number of rotatable bonds is 3. The zero-order valence-electron chi connectivity index (χ0n) is 11.5. The van der Waals surface area contributed by atoms with Gasteiger partial charge in [0.15, 0.2) is 6.29 Å². The van der Waals surface area contributed by atoms with E-state index in [1.165, 1.54) is 7.11 Å². The minimum Gasteiger partial charge on any atom is -0.394 e. The average Bonchev–Trinajstić information content (AvgIpc) is 2.34. The van der Waals surface area contributed by atoms with Gasteiger partial charge in [-0.15, -0.1) is 0 Å². The second-order valence-corrected chi connectivity index (χ2v) is 4.35. The predicted molar refractivity (Wildman–Crippen MR) is 66.4 cm³/mol. The highest BCUT2D eigenvalue weighted by molar-refractivity contribution is 4.92. The largest absolute Gasteiger partial charge is 0.394 e. The number of aliphatic hydroxyl groups excluding tert-OH is 2. The topological polar surface area (TPSA) is 84.9 Å². The third kappa shape index (κ3) is 3.89. The Bertz CT molecular complexity index is 199. The molecule has 104 valence electrons. The summed E-state index contributed by atoms with van der Waals surface area (Å²) in [6.45, 7) is 7.81. The van der Waals surface area contributed by atoms with Gasteiger partial charge in [-0.05, 0) is 5.92 Å². The van der Waals surface area contributed by atoms with Gasteiger partial charge in [-0.3, -0.25) is 0 Å². The minimum absolute atomic E-state index is 0.132. The predicted octanol–water partition coefficient (Wildman–Crippen LogP) is 0.337. The maximum Gasteiger partial charge on any atom is 0.175 e. The van der Waals surface area contributed by atoms with Crippen LogP contribution in [0.2, 0.25) is 0 Å². The van der Waals surface area contributed by atoms with Crippen molar-refractivity contribution in [3.8, 4) is 0 Å². The van der Waals surface area contributed by atoms with Crippen LogP contribution in [-0.4, -0.2) is 48.5 Å². The van der Waals surface area contributed by atoms with Crippen LogP contribution in [0.15, 0.2) is 0 Å². The fourth-order valence-electron chi connectivity index (χ4n) is 2.19. The molecule has 0 aromatic heterocycles. The lowest BCUT2D eigenvalue weighted by molar-refractivity contribution is -0.249. The normalized spacial score (nSPS) is 37.6. The molecule has 17 heavy (non-hydrogen) atoms. The van der Waals surface area contributed by atoms with Gasteiger partial charge in [0, 0.05) is 13.0 Å². The summed E-state index contributed by atoms with van der Waals surface area (Å²) >= 11 is 0. The second kappa shape index (κ2) is 8.00. The number of hydrogen-bond donors (Lipinski definition) is 3. The van der Waals surface area contributed by atoms with Crippen LogP contribution in [0.4, 0.5) is 0 Å². The molecule has 1 rings (SSSR count). The average molecular weight is 249 g/mol. The van der Waals surface area contributed by atoms with Crippen LogP contribution >= 0.6 is 0 Å². The van der Waals surface area contributed by atoms with E-state index in [0.29, 0.717) is 0 Å². The molecule has 1 fully saturated rings. The second-order valence-electron chi connectivity index (χ2n) is 4.35. The van der Waals surface area contributed by atoms with Crippen LogP contribution < -0.4 is 5.73 Å². The van der Waals surface area contributed by atoms with Gasteiger partial charge in [0.2, 0.25) is 0 Å². The standard InChI is InChI=1S/C10H21NO4.C2H6/c1-5(2)7-6(4-12)15-10(14-3)8(11)9(7)13;1-2/h5-10,12-13H,4,11H2,1-3H3;1-2H3. The number of ether oxygens (including phenoxy) is 2. The fourth-order valence-corrected chi connectivity index (χ4v) is 2.19. The number of hydrogen-bond acceptors (Lipinski definition) is 5. The van der Waals surface area contributed by atoms with Gasteiger partial charge in [-0.25, -0.2) is 0 Å². The molecule has 5 nitrogen and oxygen atoms in total. The highest BCUT2D eigenvalue weighted by atomic mass is 16.7. The summed E-state index contributed by atoms with van der Waals surface area (Å²) in [6, 6.07) is -0.565. The summed E-state index contributed by atoms with van der Waals surface area (Å²) in [5.74, 6) is 0.0393. The fraction of sp³-hybridized carbons (Fsp3) is 1.00. The van der Waals surface area contributed by atoms with Crippen molar-refractivity contribution >= 4 is 0 Å². The maximum atomic E-state index is 10.0. The molecule has 5 unspecified atom stereocenters. The van der Waals surface area contributed by atoms with E-state index in [4.69, 9.17) is 15.2 Å². The molecule has 0 saturated carbocycles. The Morgan fingerprint density at radius 3 is 2.24 bits per heavy atom. The lowest BCUT2D eigenvalue weighted by atomic mass is 9.80. The first kappa shape index (κ1) is 16.8. The van der Waals surface area contributed by atoms with Crippen molar-refractivity contribution in [2.45, 2.75) is 52.2 Å². The lowest BCUT2D eigenvalue weighted by Gasteiger charge is -2.44. The van der Waals surface area contributed by atoms with Crippen LogP contribution in [0.1, 0.15) is 27.7 Å². The van der Waals surface area contributed by atoms with Gasteiger partial charge in [-0.1, -0.05) is 27.7 Å². The molecule has 1 saturated heterocycles. The van der Waals surface area contributed by atoms with Crippen LogP contribution in [0.25, 0.3) is 0 Å². The molecule has 1 aliphatic rings. The molecular formula is C12H27NO4. The molecule has 1 aliphatic heterocycles. The van der Waals surface area contributed by atoms with Crippen molar-refractivity contribution in [2.75, 3.05) is 13.7 Å². The summed E-state index contributed by atoms with van der Waals surface area (Å²) in [7, 11) is 1.47. The molecule has 1 heterocycles. The zero-order valence-corrected chi connectivity index (χ0v) is 11.5. The van der Waals surface area contributed by atoms with Crippen LogP contribution in [0, 0.1) is 11.8 Å². The Morgan fingerprint density at radius 1 is 1.35 bits per heavy atom. The lowest BCUT2D eigenvalue weighted by Crippen LogP contribution is -2.60. The SMILES string of the molecule is CC.COC1OC(CO)C(C(C)C)C(O)C1N. The Labute approximate surface area is 104 Å². The summed E-state index contributed by atoms with van der Waals surface area (Å²) in [5.41, 5.74) is 5.80. The maximum absolute atomic E-state index is 10.0. The van der Waals surface area contributed by atoms with Crippen LogP contribution in [0.5, 0.6) is 0 Å². The molecule has 0 radical (unpaired) electrons. The Kier molecular flexibility index (Phi) is 7.91. The first-order valence-corrected chi connectivity index (χ1v) is 6.25. The summed E-state index contributed by atoms with van der Waals surface area (Å²) in [5, 5.41) is 19.2. The van der Waals surface area contributed by atoms with E-state index in [-0.39, 0.29) is 18.4 Å². The van der Waals surface area contributed by atoms with E-state index in [2.05, 4.69) is 0 Å². The highest BCUT2D eigenvalue weighted by Gasteiger charge is 2.44. The minimum atomic E-state index is -0.708. The van der Waals surface area contributed by atoms with Gasteiger partial charge >= 0.3 is 0 Å². The van der Waals surface area contributed by atoms with E-state index in [9.17, 15) is 10.2 Å². The van der Waals surface area contributed by atoms with E-state index < -0.39 is 24.5 Å². The quantitative estimate of drug-likeness (QED) is 0.671. The summed E-state index contributed by atoms with van der Waals surface area (Å²) < 4.78 is 10.5. The molecule has 4 N–H and O–H groups in total. The molecule has 0 bridgehead atoms. The van der Waals surface area contributed by atoms with Gasteiger partial charge < -0.3 is 25.4 Å². The van der Waals surface area contributed by atoms with E-state index >= 15 is 0 Å². The molecule has 0 spiro atoms. The van der Waals surface area contributed by atoms with E-state index in [1.807, 2.05) is 27.7 Å². The van der Waals surface area contributed by atoms with Crippen LogP contribution in [0.3, 0.4) is 0 Å². The van der Waals surface area contributed by atoms with Gasteiger partial charge in [0.05, 0.1) is 24.9 Å². The molecule has 0 aromatic carbocycles. The molecule has 0 aliphatic carbocycles. The summed E-state index contributed by atoms with van der Waals surface area (Å²) in [6.07, 6.45) is -1.77. The number of methoxy groups -OCH3 is 1. The third-order valence-corrected chi connectivity index (χ3v) is 3.02. The third-order valence-electron chi connectivity index (χ3n) is 3.02. The number of aliphatic hydroxyl groups is 2. The van der Waals surface area contributed by atoms with Crippen molar-refractivity contribution in [3.05, 3.63) is 0 Å². The van der Waals surface area contributed by atoms with Gasteiger partial charge in [0.1, 0.15) is 0 Å². The van der Waals surface area contributed by atoms with Crippen molar-refractivity contribution in [1.29, 1.82) is 0 Å². The molecular weight excluding hydrogens is 222 g/mol.